The first-order valence-electron chi connectivity index (χ1n) is 11.8. The van der Waals surface area contributed by atoms with Gasteiger partial charge in [-0.15, -0.1) is 0 Å². The Labute approximate surface area is 213 Å². The molecule has 4 rings (SSSR count). The van der Waals surface area contributed by atoms with Crippen LogP contribution in [0.3, 0.4) is 0 Å². The third kappa shape index (κ3) is 6.60. The first-order chi connectivity index (χ1) is 17.1. The molecule has 1 aliphatic heterocycles. The van der Waals surface area contributed by atoms with E-state index in [9.17, 15) is 16.8 Å². The first-order valence-corrected chi connectivity index (χ1v) is 14.6. The Balaban J connectivity index is 1.52. The van der Waals surface area contributed by atoms with Crippen LogP contribution < -0.4 is 0 Å². The second-order valence-electron chi connectivity index (χ2n) is 9.50. The SMILES string of the molecule is Cc1ccc(S(=O)(=O)OCC2(COS(=O)(=O)c3ccc(C)cc3)CCN(Cc3ccccc3)C2)cc1. The summed E-state index contributed by atoms with van der Waals surface area (Å²) in [5.41, 5.74) is 2.18. The zero-order valence-corrected chi connectivity index (χ0v) is 22.1. The average molecular weight is 530 g/mol. The normalized spacial score (nSPS) is 16.3. The third-order valence-electron chi connectivity index (χ3n) is 6.43. The van der Waals surface area contributed by atoms with E-state index in [4.69, 9.17) is 8.37 Å². The molecule has 192 valence electrons. The fraction of sp³-hybridized carbons (Fsp3) is 0.333. The highest BCUT2D eigenvalue weighted by atomic mass is 32.2. The predicted octanol–water partition coefficient (Wildman–Crippen LogP) is 4.31. The molecule has 0 spiro atoms. The van der Waals surface area contributed by atoms with Gasteiger partial charge in [-0.1, -0.05) is 65.7 Å². The highest BCUT2D eigenvalue weighted by Crippen LogP contribution is 2.34. The Morgan fingerprint density at radius 1 is 0.722 bits per heavy atom. The van der Waals surface area contributed by atoms with E-state index in [1.807, 2.05) is 44.2 Å². The van der Waals surface area contributed by atoms with E-state index in [2.05, 4.69) is 4.90 Å². The van der Waals surface area contributed by atoms with E-state index in [0.29, 0.717) is 26.1 Å². The second kappa shape index (κ2) is 10.8. The molecule has 0 unspecified atom stereocenters. The van der Waals surface area contributed by atoms with E-state index in [1.54, 1.807) is 24.3 Å². The molecule has 0 aliphatic carbocycles. The fourth-order valence-electron chi connectivity index (χ4n) is 4.23. The molecule has 3 aromatic carbocycles. The maximum atomic E-state index is 12.9. The summed E-state index contributed by atoms with van der Waals surface area (Å²) in [6.07, 6.45) is 0.534. The second-order valence-corrected chi connectivity index (χ2v) is 12.7. The largest absolute Gasteiger partial charge is 0.298 e. The Kier molecular flexibility index (Phi) is 7.96. The summed E-state index contributed by atoms with van der Waals surface area (Å²) >= 11 is 0. The summed E-state index contributed by atoms with van der Waals surface area (Å²) in [6, 6.07) is 22.8. The molecule has 1 aliphatic rings. The lowest BCUT2D eigenvalue weighted by Gasteiger charge is -2.28. The van der Waals surface area contributed by atoms with Crippen LogP contribution in [0.15, 0.2) is 88.7 Å². The maximum Gasteiger partial charge on any atom is 0.296 e. The number of hydrogen-bond donors (Lipinski definition) is 0. The van der Waals surface area contributed by atoms with Crippen LogP contribution in [0.2, 0.25) is 0 Å². The Morgan fingerprint density at radius 3 is 1.67 bits per heavy atom. The van der Waals surface area contributed by atoms with Crippen LogP contribution in [-0.2, 0) is 35.1 Å². The van der Waals surface area contributed by atoms with E-state index >= 15 is 0 Å². The van der Waals surface area contributed by atoms with Crippen molar-refractivity contribution in [2.75, 3.05) is 26.3 Å². The summed E-state index contributed by atoms with van der Waals surface area (Å²) in [5, 5.41) is 0. The van der Waals surface area contributed by atoms with Crippen LogP contribution in [0.25, 0.3) is 0 Å². The fourth-order valence-corrected chi connectivity index (χ4v) is 6.25. The molecule has 0 aromatic heterocycles. The van der Waals surface area contributed by atoms with Crippen molar-refractivity contribution in [3.8, 4) is 0 Å². The summed E-state index contributed by atoms with van der Waals surface area (Å²) in [6.45, 7) is 5.15. The van der Waals surface area contributed by atoms with Crippen molar-refractivity contribution in [3.05, 3.63) is 95.6 Å². The van der Waals surface area contributed by atoms with Crippen molar-refractivity contribution in [2.45, 2.75) is 36.6 Å². The van der Waals surface area contributed by atoms with Crippen molar-refractivity contribution in [1.82, 2.24) is 4.90 Å². The quantitative estimate of drug-likeness (QED) is 0.362. The van der Waals surface area contributed by atoms with Gasteiger partial charge in [0.2, 0.25) is 0 Å². The minimum atomic E-state index is -4.01. The monoisotopic (exact) mass is 529 g/mol. The first kappa shape index (κ1) is 26.5. The predicted molar refractivity (Wildman–Crippen MR) is 137 cm³/mol. The average Bonchev–Trinajstić information content (AvgIpc) is 3.26. The van der Waals surface area contributed by atoms with Gasteiger partial charge in [-0.3, -0.25) is 13.3 Å². The van der Waals surface area contributed by atoms with E-state index in [1.165, 1.54) is 24.3 Å². The topological polar surface area (TPSA) is 90.0 Å². The Morgan fingerprint density at radius 2 is 1.19 bits per heavy atom. The summed E-state index contributed by atoms with van der Waals surface area (Å²) in [7, 11) is -8.03. The van der Waals surface area contributed by atoms with Gasteiger partial charge in [0.05, 0.1) is 23.0 Å². The Hall–Kier alpha value is -2.56. The molecule has 0 N–H and O–H groups in total. The molecule has 0 amide bonds. The zero-order valence-electron chi connectivity index (χ0n) is 20.5. The number of hydrogen-bond acceptors (Lipinski definition) is 7. The van der Waals surface area contributed by atoms with Gasteiger partial charge in [-0.2, -0.15) is 16.8 Å². The highest BCUT2D eigenvalue weighted by Gasteiger charge is 2.41. The zero-order chi connectivity index (χ0) is 25.8. The summed E-state index contributed by atoms with van der Waals surface area (Å²) in [5.74, 6) is 0. The lowest BCUT2D eigenvalue weighted by molar-refractivity contribution is 0.0893. The smallest absolute Gasteiger partial charge is 0.296 e. The van der Waals surface area contributed by atoms with Crippen LogP contribution in [0.1, 0.15) is 23.1 Å². The van der Waals surface area contributed by atoms with Gasteiger partial charge in [0, 0.05) is 18.5 Å². The van der Waals surface area contributed by atoms with Gasteiger partial charge in [0.25, 0.3) is 20.2 Å². The summed E-state index contributed by atoms with van der Waals surface area (Å²) in [4.78, 5) is 2.30. The van der Waals surface area contributed by atoms with Crippen molar-refractivity contribution in [3.63, 3.8) is 0 Å². The Bertz CT molecular complexity index is 1290. The van der Waals surface area contributed by atoms with Gasteiger partial charge < -0.3 is 0 Å². The highest BCUT2D eigenvalue weighted by molar-refractivity contribution is 7.87. The number of nitrogens with zero attached hydrogens (tertiary/aromatic N) is 1. The molecule has 9 heteroatoms. The molecular weight excluding hydrogens is 498 g/mol. The van der Waals surface area contributed by atoms with Gasteiger partial charge in [-0.05, 0) is 56.6 Å². The minimum Gasteiger partial charge on any atom is -0.298 e. The van der Waals surface area contributed by atoms with Crippen molar-refractivity contribution < 1.29 is 25.2 Å². The third-order valence-corrected chi connectivity index (χ3v) is 8.98. The molecule has 0 bridgehead atoms. The lowest BCUT2D eigenvalue weighted by atomic mass is 9.89. The van der Waals surface area contributed by atoms with Gasteiger partial charge in [0.1, 0.15) is 0 Å². The van der Waals surface area contributed by atoms with Crippen LogP contribution >= 0.6 is 0 Å². The maximum absolute atomic E-state index is 12.9. The number of benzene rings is 3. The number of aryl methyl sites for hydroxylation is 2. The van der Waals surface area contributed by atoms with Crippen LogP contribution in [-0.4, -0.2) is 48.0 Å². The van der Waals surface area contributed by atoms with Crippen molar-refractivity contribution >= 4 is 20.2 Å². The van der Waals surface area contributed by atoms with Crippen molar-refractivity contribution in [2.24, 2.45) is 5.41 Å². The molecule has 0 atom stereocenters. The standard InChI is InChI=1S/C27H31NO6S2/c1-22-8-12-25(13-9-22)35(29,30)33-20-27(16-17-28(19-27)18-24-6-4-3-5-7-24)21-34-36(31,32)26-14-10-23(2)11-15-26/h3-15H,16-21H2,1-2H3. The van der Waals surface area contributed by atoms with Crippen LogP contribution in [0.4, 0.5) is 0 Å². The van der Waals surface area contributed by atoms with Gasteiger partial charge >= 0.3 is 0 Å². The number of rotatable bonds is 10. The molecule has 1 heterocycles. The van der Waals surface area contributed by atoms with E-state index < -0.39 is 25.7 Å². The molecular formula is C27H31NO6S2. The van der Waals surface area contributed by atoms with E-state index in [0.717, 1.165) is 16.7 Å². The molecule has 0 saturated carbocycles. The van der Waals surface area contributed by atoms with Crippen molar-refractivity contribution in [1.29, 1.82) is 0 Å². The molecule has 1 saturated heterocycles. The molecule has 3 aromatic rings. The molecule has 1 fully saturated rings. The van der Waals surface area contributed by atoms with Gasteiger partial charge in [-0.25, -0.2) is 0 Å². The van der Waals surface area contributed by atoms with E-state index in [-0.39, 0.29) is 23.0 Å². The van der Waals surface area contributed by atoms with Crippen LogP contribution in [0.5, 0.6) is 0 Å². The molecule has 36 heavy (non-hydrogen) atoms. The number of likely N-dealkylation sites (tertiary alicyclic amines) is 1. The summed E-state index contributed by atoms with van der Waals surface area (Å²) < 4.78 is 62.5. The minimum absolute atomic E-state index is 0.0654. The lowest BCUT2D eigenvalue weighted by Crippen LogP contribution is -2.37. The van der Waals surface area contributed by atoms with Crippen LogP contribution in [0, 0.1) is 19.3 Å². The van der Waals surface area contributed by atoms with Gasteiger partial charge in [0.15, 0.2) is 0 Å². The molecule has 7 nitrogen and oxygen atoms in total. The molecule has 0 radical (unpaired) electrons.